The molecule has 5 heteroatoms. The van der Waals surface area contributed by atoms with Crippen LogP contribution >= 0.6 is 0 Å². The molecule has 0 N–H and O–H groups in total. The molecule has 1 aliphatic rings. The molecule has 0 heterocycles. The summed E-state index contributed by atoms with van der Waals surface area (Å²) in [4.78, 5) is 23.2. The van der Waals surface area contributed by atoms with Crippen molar-refractivity contribution in [3.63, 3.8) is 0 Å². The van der Waals surface area contributed by atoms with E-state index in [4.69, 9.17) is 4.74 Å². The maximum Gasteiger partial charge on any atom is 0.312 e. The molecule has 1 aliphatic carbocycles. The van der Waals surface area contributed by atoms with E-state index in [9.17, 15) is 9.59 Å². The maximum atomic E-state index is 11.6. The highest BCUT2D eigenvalue weighted by molar-refractivity contribution is 5.83. The molecule has 0 amide bonds. The molecule has 16 heavy (non-hydrogen) atoms. The van der Waals surface area contributed by atoms with Gasteiger partial charge in [0.25, 0.3) is 0 Å². The van der Waals surface area contributed by atoms with Gasteiger partial charge < -0.3 is 14.2 Å². The third-order valence-electron chi connectivity index (χ3n) is 2.75. The van der Waals surface area contributed by atoms with E-state index >= 15 is 0 Å². The number of allylic oxidation sites excluding steroid dienone is 1. The molecule has 0 spiro atoms. The van der Waals surface area contributed by atoms with Crippen LogP contribution in [0.4, 0.5) is 0 Å². The first-order chi connectivity index (χ1) is 7.65. The van der Waals surface area contributed by atoms with Crippen LogP contribution in [0.2, 0.25) is 0 Å². The Bertz CT molecular complexity index is 297. The third-order valence-corrected chi connectivity index (χ3v) is 2.75. The fraction of sp³-hybridized carbons (Fsp3) is 0.636. The first kappa shape index (κ1) is 12.7. The molecular weight excluding hydrogens is 212 g/mol. The Morgan fingerprint density at radius 2 is 1.75 bits per heavy atom. The van der Waals surface area contributed by atoms with Gasteiger partial charge in [0, 0.05) is 7.11 Å². The maximum absolute atomic E-state index is 11.6. The molecule has 0 bridgehead atoms. The lowest BCUT2D eigenvalue weighted by Crippen LogP contribution is -2.41. The summed E-state index contributed by atoms with van der Waals surface area (Å²) in [5.74, 6) is -2.03. The lowest BCUT2D eigenvalue weighted by atomic mass is 9.81. The Morgan fingerprint density at radius 3 is 2.25 bits per heavy atom. The summed E-state index contributed by atoms with van der Waals surface area (Å²) in [5.41, 5.74) is 0. The van der Waals surface area contributed by atoms with Crippen LogP contribution in [0.25, 0.3) is 0 Å². The van der Waals surface area contributed by atoms with Crippen molar-refractivity contribution in [1.82, 2.24) is 0 Å². The van der Waals surface area contributed by atoms with Crippen molar-refractivity contribution in [2.24, 2.45) is 11.8 Å². The van der Waals surface area contributed by atoms with Crippen molar-refractivity contribution in [3.8, 4) is 0 Å². The highest BCUT2D eigenvalue weighted by Crippen LogP contribution is 2.29. The molecule has 0 aromatic heterocycles. The van der Waals surface area contributed by atoms with Crippen molar-refractivity contribution >= 4 is 11.9 Å². The van der Waals surface area contributed by atoms with Gasteiger partial charge >= 0.3 is 11.9 Å². The molecule has 0 saturated carbocycles. The van der Waals surface area contributed by atoms with Crippen LogP contribution in [-0.4, -0.2) is 39.4 Å². The molecule has 0 aromatic carbocycles. The average Bonchev–Trinajstić information content (AvgIpc) is 2.35. The lowest BCUT2D eigenvalue weighted by Gasteiger charge is -2.30. The molecule has 1 rings (SSSR count). The summed E-state index contributed by atoms with van der Waals surface area (Å²) in [7, 11) is 4.09. The third kappa shape index (κ3) is 2.41. The fourth-order valence-electron chi connectivity index (χ4n) is 1.91. The predicted octanol–water partition coefficient (Wildman–Crippen LogP) is 0.540. The van der Waals surface area contributed by atoms with Gasteiger partial charge in [-0.1, -0.05) is 12.2 Å². The van der Waals surface area contributed by atoms with Gasteiger partial charge in [-0.25, -0.2) is 0 Å². The number of methoxy groups -OCH3 is 3. The van der Waals surface area contributed by atoms with Crippen molar-refractivity contribution in [3.05, 3.63) is 12.2 Å². The SMILES string of the molecule is COC(=O)[C@@H]1[C@@H](C(=O)OC)CC=C[C@H]1OC. The van der Waals surface area contributed by atoms with Gasteiger partial charge in [-0.05, 0) is 6.42 Å². The number of carbonyl (C=O) groups is 2. The molecule has 0 fully saturated rings. The summed E-state index contributed by atoms with van der Waals surface area (Å²) in [6, 6.07) is 0. The number of ether oxygens (including phenoxy) is 3. The molecular formula is C11H16O5. The molecule has 0 aromatic rings. The molecule has 5 nitrogen and oxygen atoms in total. The quantitative estimate of drug-likeness (QED) is 0.521. The molecule has 0 unspecified atom stereocenters. The van der Waals surface area contributed by atoms with E-state index in [-0.39, 0.29) is 0 Å². The average molecular weight is 228 g/mol. The zero-order chi connectivity index (χ0) is 12.1. The Morgan fingerprint density at radius 1 is 1.12 bits per heavy atom. The number of esters is 2. The van der Waals surface area contributed by atoms with E-state index in [0.29, 0.717) is 6.42 Å². The van der Waals surface area contributed by atoms with Gasteiger partial charge in [-0.3, -0.25) is 9.59 Å². The summed E-state index contributed by atoms with van der Waals surface area (Å²) in [6.45, 7) is 0. The minimum absolute atomic E-state index is 0.415. The second-order valence-corrected chi connectivity index (χ2v) is 3.54. The van der Waals surface area contributed by atoms with Gasteiger partial charge in [0.1, 0.15) is 5.92 Å². The topological polar surface area (TPSA) is 61.8 Å². The Hall–Kier alpha value is -1.36. The first-order valence-corrected chi connectivity index (χ1v) is 5.00. The van der Waals surface area contributed by atoms with E-state index in [1.54, 1.807) is 6.08 Å². The van der Waals surface area contributed by atoms with Gasteiger partial charge in [-0.2, -0.15) is 0 Å². The number of rotatable bonds is 3. The molecule has 0 aliphatic heterocycles. The van der Waals surface area contributed by atoms with E-state index in [1.165, 1.54) is 21.3 Å². The van der Waals surface area contributed by atoms with Crippen LogP contribution < -0.4 is 0 Å². The lowest BCUT2D eigenvalue weighted by molar-refractivity contribution is -0.162. The normalized spacial score (nSPS) is 28.6. The highest BCUT2D eigenvalue weighted by atomic mass is 16.5. The largest absolute Gasteiger partial charge is 0.469 e. The van der Waals surface area contributed by atoms with Crippen molar-refractivity contribution in [2.75, 3.05) is 21.3 Å². The van der Waals surface area contributed by atoms with Crippen LogP contribution in [0.15, 0.2) is 12.2 Å². The first-order valence-electron chi connectivity index (χ1n) is 5.00. The Kier molecular flexibility index (Phi) is 4.49. The van der Waals surface area contributed by atoms with Gasteiger partial charge in [0.2, 0.25) is 0 Å². The van der Waals surface area contributed by atoms with Crippen LogP contribution in [0.3, 0.4) is 0 Å². The van der Waals surface area contributed by atoms with Crippen LogP contribution in [0.1, 0.15) is 6.42 Å². The van der Waals surface area contributed by atoms with Crippen LogP contribution in [0.5, 0.6) is 0 Å². The van der Waals surface area contributed by atoms with Gasteiger partial charge in [0.15, 0.2) is 0 Å². The molecule has 90 valence electrons. The standard InChI is InChI=1S/C11H16O5/c1-14-8-6-4-5-7(10(12)15-2)9(8)11(13)16-3/h4,6-9H,5H2,1-3H3/t7-,8+,9+/m0/s1. The van der Waals surface area contributed by atoms with Crippen LogP contribution in [-0.2, 0) is 23.8 Å². The Labute approximate surface area is 94.4 Å². The zero-order valence-corrected chi connectivity index (χ0v) is 9.64. The van der Waals surface area contributed by atoms with Crippen LogP contribution in [0, 0.1) is 11.8 Å². The van der Waals surface area contributed by atoms with Gasteiger partial charge in [-0.15, -0.1) is 0 Å². The van der Waals surface area contributed by atoms with Gasteiger partial charge in [0.05, 0.1) is 26.2 Å². The zero-order valence-electron chi connectivity index (χ0n) is 9.64. The predicted molar refractivity (Wildman–Crippen MR) is 55.6 cm³/mol. The van der Waals surface area contributed by atoms with Crippen molar-refractivity contribution < 1.29 is 23.8 Å². The second-order valence-electron chi connectivity index (χ2n) is 3.54. The number of carbonyl (C=O) groups excluding carboxylic acids is 2. The van der Waals surface area contributed by atoms with Crippen molar-refractivity contribution in [1.29, 1.82) is 0 Å². The van der Waals surface area contributed by atoms with E-state index in [1.807, 2.05) is 6.08 Å². The Balaban J connectivity index is 2.94. The highest BCUT2D eigenvalue weighted by Gasteiger charge is 2.41. The fourth-order valence-corrected chi connectivity index (χ4v) is 1.91. The van der Waals surface area contributed by atoms with Crippen molar-refractivity contribution in [2.45, 2.75) is 12.5 Å². The van der Waals surface area contributed by atoms with E-state index < -0.39 is 29.9 Å². The summed E-state index contributed by atoms with van der Waals surface area (Å²) in [6.07, 6.45) is 3.60. The minimum atomic E-state index is -0.632. The minimum Gasteiger partial charge on any atom is -0.469 e. The summed E-state index contributed by atoms with van der Waals surface area (Å²) in [5, 5.41) is 0. The second kappa shape index (κ2) is 5.65. The van der Waals surface area contributed by atoms with E-state index in [2.05, 4.69) is 9.47 Å². The number of hydrogen-bond acceptors (Lipinski definition) is 5. The molecule has 3 atom stereocenters. The number of hydrogen-bond donors (Lipinski definition) is 0. The summed E-state index contributed by atoms with van der Waals surface area (Å²) < 4.78 is 14.5. The molecule has 0 radical (unpaired) electrons. The molecule has 0 saturated heterocycles. The van der Waals surface area contributed by atoms with E-state index in [0.717, 1.165) is 0 Å². The smallest absolute Gasteiger partial charge is 0.312 e. The monoisotopic (exact) mass is 228 g/mol. The summed E-state index contributed by atoms with van der Waals surface area (Å²) >= 11 is 0.